The summed E-state index contributed by atoms with van der Waals surface area (Å²) < 4.78 is 27.4. The molecule has 25 heavy (non-hydrogen) atoms. The molecule has 5 heteroatoms. The molecule has 0 unspecified atom stereocenters. The van der Waals surface area contributed by atoms with Crippen LogP contribution in [-0.2, 0) is 10.0 Å². The number of nitrogens with one attached hydrogen (secondary N) is 1. The number of fused-ring (bicyclic) bond motifs is 1. The van der Waals surface area contributed by atoms with Crippen LogP contribution in [0.1, 0.15) is 29.9 Å². The monoisotopic (exact) mass is 354 g/mol. The molecule has 0 saturated carbocycles. The lowest BCUT2D eigenvalue weighted by Crippen LogP contribution is -2.37. The van der Waals surface area contributed by atoms with Crippen molar-refractivity contribution in [3.05, 3.63) is 65.9 Å². The molecule has 4 rings (SSSR count). The molecule has 4 nitrogen and oxygen atoms in total. The Bertz CT molecular complexity index is 999. The zero-order valence-electron chi connectivity index (χ0n) is 14.3. The maximum atomic E-state index is 12.9. The van der Waals surface area contributed by atoms with Gasteiger partial charge in [0.25, 0.3) is 0 Å². The second-order valence-electron chi connectivity index (χ2n) is 6.78. The summed E-state index contributed by atoms with van der Waals surface area (Å²) in [4.78, 5) is 3.73. The predicted molar refractivity (Wildman–Crippen MR) is 100 cm³/mol. The number of piperidine rings is 1. The fourth-order valence-electron chi connectivity index (χ4n) is 3.76. The van der Waals surface area contributed by atoms with Crippen molar-refractivity contribution in [2.24, 2.45) is 0 Å². The van der Waals surface area contributed by atoms with Crippen LogP contribution in [0.15, 0.2) is 59.6 Å². The molecule has 1 fully saturated rings. The first-order chi connectivity index (χ1) is 12.1. The van der Waals surface area contributed by atoms with Crippen molar-refractivity contribution in [3.63, 3.8) is 0 Å². The fourth-order valence-corrected chi connectivity index (χ4v) is 5.34. The van der Waals surface area contributed by atoms with Gasteiger partial charge < -0.3 is 4.98 Å². The third kappa shape index (κ3) is 2.98. The lowest BCUT2D eigenvalue weighted by atomic mass is 9.90. The van der Waals surface area contributed by atoms with E-state index in [9.17, 15) is 8.42 Å². The second-order valence-corrected chi connectivity index (χ2v) is 8.72. The van der Waals surface area contributed by atoms with Crippen LogP contribution >= 0.6 is 0 Å². The van der Waals surface area contributed by atoms with Gasteiger partial charge in [0.05, 0.1) is 4.90 Å². The number of hydrogen-bond acceptors (Lipinski definition) is 2. The summed E-state index contributed by atoms with van der Waals surface area (Å²) in [5, 5.41) is 1.25. The lowest BCUT2D eigenvalue weighted by Gasteiger charge is -2.31. The highest BCUT2D eigenvalue weighted by molar-refractivity contribution is 7.89. The second kappa shape index (κ2) is 6.32. The van der Waals surface area contributed by atoms with E-state index in [4.69, 9.17) is 0 Å². The number of rotatable bonds is 3. The number of aryl methyl sites for hydroxylation is 1. The van der Waals surface area contributed by atoms with Crippen LogP contribution in [0.3, 0.4) is 0 Å². The van der Waals surface area contributed by atoms with Gasteiger partial charge in [-0.3, -0.25) is 0 Å². The van der Waals surface area contributed by atoms with E-state index in [0.29, 0.717) is 23.9 Å². The van der Waals surface area contributed by atoms with Crippen molar-refractivity contribution < 1.29 is 8.42 Å². The molecule has 0 atom stereocenters. The molecule has 1 N–H and O–H groups in total. The number of aromatic amines is 1. The number of benzene rings is 2. The highest BCUT2D eigenvalue weighted by atomic mass is 32.2. The first-order valence-corrected chi connectivity index (χ1v) is 10.1. The minimum atomic E-state index is -3.39. The van der Waals surface area contributed by atoms with Gasteiger partial charge >= 0.3 is 0 Å². The average Bonchev–Trinajstić information content (AvgIpc) is 3.06. The first kappa shape index (κ1) is 16.4. The van der Waals surface area contributed by atoms with Crippen molar-refractivity contribution in [3.8, 4) is 0 Å². The maximum absolute atomic E-state index is 12.9. The van der Waals surface area contributed by atoms with Gasteiger partial charge in [-0.1, -0.05) is 30.3 Å². The molecule has 0 spiro atoms. The Labute approximate surface area is 148 Å². The SMILES string of the molecule is Cc1cccc(S(=O)(=O)N2CCC(c3c[nH]c4ccccc34)CC2)c1. The summed E-state index contributed by atoms with van der Waals surface area (Å²) in [6.07, 6.45) is 3.79. The molecule has 2 aromatic carbocycles. The summed E-state index contributed by atoms with van der Waals surface area (Å²) in [5.74, 6) is 0.403. The van der Waals surface area contributed by atoms with Crippen molar-refractivity contribution >= 4 is 20.9 Å². The fraction of sp³-hybridized carbons (Fsp3) is 0.300. The highest BCUT2D eigenvalue weighted by Gasteiger charge is 2.30. The minimum Gasteiger partial charge on any atom is -0.361 e. The molecular formula is C20H22N2O2S. The molecule has 130 valence electrons. The van der Waals surface area contributed by atoms with Crippen molar-refractivity contribution in [2.75, 3.05) is 13.1 Å². The number of hydrogen-bond donors (Lipinski definition) is 1. The van der Waals surface area contributed by atoms with E-state index in [1.165, 1.54) is 10.9 Å². The van der Waals surface area contributed by atoms with Gasteiger partial charge in [0, 0.05) is 30.2 Å². The van der Waals surface area contributed by atoms with E-state index in [2.05, 4.69) is 29.4 Å². The van der Waals surface area contributed by atoms with E-state index in [1.54, 1.807) is 22.5 Å². The Kier molecular flexibility index (Phi) is 4.13. The van der Waals surface area contributed by atoms with Gasteiger partial charge in [0.1, 0.15) is 0 Å². The summed E-state index contributed by atoms with van der Waals surface area (Å²) in [7, 11) is -3.39. The smallest absolute Gasteiger partial charge is 0.243 e. The van der Waals surface area contributed by atoms with Gasteiger partial charge in [0.2, 0.25) is 10.0 Å². The first-order valence-electron chi connectivity index (χ1n) is 8.68. The molecule has 1 aromatic heterocycles. The van der Waals surface area contributed by atoms with Crippen molar-refractivity contribution in [1.29, 1.82) is 0 Å². The van der Waals surface area contributed by atoms with Gasteiger partial charge in [-0.05, 0) is 55.0 Å². The van der Waals surface area contributed by atoms with Crippen LogP contribution in [0.2, 0.25) is 0 Å². The zero-order valence-corrected chi connectivity index (χ0v) is 15.1. The lowest BCUT2D eigenvalue weighted by molar-refractivity contribution is 0.320. The number of aromatic nitrogens is 1. The maximum Gasteiger partial charge on any atom is 0.243 e. The summed E-state index contributed by atoms with van der Waals surface area (Å²) in [6, 6.07) is 15.5. The number of nitrogens with zero attached hydrogens (tertiary/aromatic N) is 1. The van der Waals surface area contributed by atoms with Gasteiger partial charge in [-0.15, -0.1) is 0 Å². The summed E-state index contributed by atoms with van der Waals surface area (Å²) >= 11 is 0. The van der Waals surface area contributed by atoms with Gasteiger partial charge in [0.15, 0.2) is 0 Å². The van der Waals surface area contributed by atoms with Crippen LogP contribution in [0, 0.1) is 6.92 Å². The third-order valence-electron chi connectivity index (χ3n) is 5.14. The molecule has 0 amide bonds. The van der Waals surface area contributed by atoms with Crippen LogP contribution < -0.4 is 0 Å². The number of sulfonamides is 1. The molecule has 0 bridgehead atoms. The van der Waals surface area contributed by atoms with Crippen LogP contribution in [-0.4, -0.2) is 30.8 Å². The molecule has 0 aliphatic carbocycles. The topological polar surface area (TPSA) is 53.2 Å². The van der Waals surface area contributed by atoms with E-state index < -0.39 is 10.0 Å². The minimum absolute atomic E-state index is 0.401. The van der Waals surface area contributed by atoms with Gasteiger partial charge in [-0.2, -0.15) is 4.31 Å². The van der Waals surface area contributed by atoms with Gasteiger partial charge in [-0.25, -0.2) is 8.42 Å². The number of H-pyrrole nitrogens is 1. The third-order valence-corrected chi connectivity index (χ3v) is 7.04. The van der Waals surface area contributed by atoms with Crippen molar-refractivity contribution in [1.82, 2.24) is 9.29 Å². The Morgan fingerprint density at radius 2 is 1.80 bits per heavy atom. The molecule has 1 saturated heterocycles. The summed E-state index contributed by atoms with van der Waals surface area (Å²) in [5.41, 5.74) is 3.42. The average molecular weight is 354 g/mol. The van der Waals surface area contributed by atoms with Crippen LogP contribution in [0.5, 0.6) is 0 Å². The predicted octanol–water partition coefficient (Wildman–Crippen LogP) is 4.04. The van der Waals surface area contributed by atoms with Crippen molar-refractivity contribution in [2.45, 2.75) is 30.6 Å². The Balaban J connectivity index is 1.53. The Morgan fingerprint density at radius 1 is 1.04 bits per heavy atom. The molecule has 0 radical (unpaired) electrons. The largest absolute Gasteiger partial charge is 0.361 e. The van der Waals surface area contributed by atoms with Crippen LogP contribution in [0.4, 0.5) is 0 Å². The van der Waals surface area contributed by atoms with Crippen LogP contribution in [0.25, 0.3) is 10.9 Å². The molecule has 3 aromatic rings. The molecule has 1 aliphatic heterocycles. The molecule has 1 aliphatic rings. The summed E-state index contributed by atoms with van der Waals surface area (Å²) in [6.45, 7) is 3.06. The molecular weight excluding hydrogens is 332 g/mol. The van der Waals surface area contributed by atoms with E-state index in [-0.39, 0.29) is 0 Å². The Morgan fingerprint density at radius 3 is 2.56 bits per heavy atom. The quantitative estimate of drug-likeness (QED) is 0.771. The normalized spacial score (nSPS) is 17.2. The van der Waals surface area contributed by atoms with E-state index in [0.717, 1.165) is 23.9 Å². The van der Waals surface area contributed by atoms with E-state index in [1.807, 2.05) is 19.1 Å². The zero-order chi connectivity index (χ0) is 17.4. The van der Waals surface area contributed by atoms with E-state index >= 15 is 0 Å². The molecule has 2 heterocycles. The number of para-hydroxylation sites is 1. The standard InChI is InChI=1S/C20H22N2O2S/c1-15-5-4-6-17(13-15)25(23,24)22-11-9-16(10-12-22)19-14-21-20-8-3-2-7-18(19)20/h2-8,13-14,16,21H,9-12H2,1H3. The Hall–Kier alpha value is -2.11. The highest BCUT2D eigenvalue weighted by Crippen LogP contribution is 2.34.